The molecular formula is C36H42Cl2N8O4. The number of anilines is 2. The molecule has 0 radical (unpaired) electrons. The van der Waals surface area contributed by atoms with E-state index in [2.05, 4.69) is 37.0 Å². The summed E-state index contributed by atoms with van der Waals surface area (Å²) >= 11 is 13.1. The van der Waals surface area contributed by atoms with Crippen LogP contribution in [-0.2, 0) is 16.0 Å². The van der Waals surface area contributed by atoms with E-state index in [1.165, 1.54) is 9.25 Å². The fourth-order valence-corrected chi connectivity index (χ4v) is 7.29. The second-order valence-corrected chi connectivity index (χ2v) is 14.1. The SMILES string of the molecule is CCC(C)n1ncn(-c2ccc(N3CCN(c4ccc(OC[C@@H]5CO[C@@](Cn6ccnc6)(C6(C)CC=C(Cl)C=C6Cl)O5)cc4)CC3)cn2)c1=O. The lowest BCUT2D eigenvalue weighted by atomic mass is 9.75. The van der Waals surface area contributed by atoms with Crippen molar-refractivity contribution < 1.29 is 14.2 Å². The maximum atomic E-state index is 12.8. The number of nitrogens with zero attached hydrogens (tertiary/aromatic N) is 8. The van der Waals surface area contributed by atoms with Gasteiger partial charge in [-0.05, 0) is 69.2 Å². The molecule has 0 amide bonds. The minimum absolute atomic E-state index is 0.0390. The van der Waals surface area contributed by atoms with Gasteiger partial charge in [-0.1, -0.05) is 36.2 Å². The van der Waals surface area contributed by atoms with Crippen LogP contribution in [0, 0.1) is 5.41 Å². The lowest BCUT2D eigenvalue weighted by Gasteiger charge is -2.45. The standard InChI is InChI=1S/C36H42Cl2N8O4/c1-4-26(2)46-34(47)45(25-41-46)33-10-7-29(20-40-33)44-17-15-43(16-18-44)28-5-8-30(9-6-28)48-21-31-22-49-36(50-31,23-42-14-13-39-24-42)35(3)12-11-27(37)19-32(35)38/h5-11,13-14,19-20,24-26,31H,4,12,15-18,21-23H2,1-3H3/t26?,31-,35?,36-/m1/s1. The molecule has 2 unspecified atom stereocenters. The number of hydrogen-bond donors (Lipinski definition) is 0. The molecule has 2 saturated heterocycles. The number of benzene rings is 1. The quantitative estimate of drug-likeness (QED) is 0.191. The van der Waals surface area contributed by atoms with Gasteiger partial charge < -0.3 is 28.6 Å². The van der Waals surface area contributed by atoms with Crippen LogP contribution in [-0.4, -0.2) is 80.2 Å². The fourth-order valence-electron chi connectivity index (χ4n) is 6.71. The first kappa shape index (κ1) is 34.4. The molecule has 2 fully saturated rings. The van der Waals surface area contributed by atoms with Gasteiger partial charge in [0, 0.05) is 54.3 Å². The van der Waals surface area contributed by atoms with E-state index in [9.17, 15) is 4.79 Å². The lowest BCUT2D eigenvalue weighted by Crippen LogP contribution is -2.52. The van der Waals surface area contributed by atoms with Crippen LogP contribution in [0.15, 0.2) is 94.7 Å². The number of rotatable bonds is 11. The Balaban J connectivity index is 0.928. The third-order valence-corrected chi connectivity index (χ3v) is 10.9. The van der Waals surface area contributed by atoms with Crippen molar-refractivity contribution in [1.29, 1.82) is 0 Å². The van der Waals surface area contributed by atoms with Crippen LogP contribution in [0.5, 0.6) is 5.75 Å². The van der Waals surface area contributed by atoms with E-state index in [1.54, 1.807) is 24.9 Å². The van der Waals surface area contributed by atoms with Crippen LogP contribution in [0.25, 0.3) is 5.82 Å². The van der Waals surface area contributed by atoms with E-state index in [1.807, 2.05) is 68.1 Å². The van der Waals surface area contributed by atoms with Crippen LogP contribution in [0.3, 0.4) is 0 Å². The highest BCUT2D eigenvalue weighted by Gasteiger charge is 2.57. The molecule has 3 aliphatic rings. The number of pyridine rings is 1. The predicted molar refractivity (Wildman–Crippen MR) is 193 cm³/mol. The van der Waals surface area contributed by atoms with Crippen LogP contribution < -0.4 is 20.2 Å². The first-order chi connectivity index (χ1) is 24.2. The van der Waals surface area contributed by atoms with Crippen LogP contribution in [0.1, 0.15) is 39.7 Å². The average molecular weight is 722 g/mol. The molecule has 1 aliphatic carbocycles. The van der Waals surface area contributed by atoms with Gasteiger partial charge in [-0.15, -0.1) is 0 Å². The summed E-state index contributed by atoms with van der Waals surface area (Å²) in [5.41, 5.74) is 1.35. The Bertz CT molecular complexity index is 1880. The zero-order valence-electron chi connectivity index (χ0n) is 28.5. The molecule has 4 atom stereocenters. The summed E-state index contributed by atoms with van der Waals surface area (Å²) in [4.78, 5) is 26.2. The summed E-state index contributed by atoms with van der Waals surface area (Å²) in [5, 5.41) is 5.47. The van der Waals surface area contributed by atoms with Crippen molar-refractivity contribution in [2.45, 2.75) is 58.1 Å². The summed E-state index contributed by atoms with van der Waals surface area (Å²) in [5.74, 6) is 0.307. The molecule has 264 valence electrons. The molecule has 4 aromatic rings. The molecule has 1 aromatic carbocycles. The van der Waals surface area contributed by atoms with Gasteiger partial charge >= 0.3 is 5.69 Å². The van der Waals surface area contributed by atoms with Crippen LogP contribution >= 0.6 is 23.2 Å². The normalized spacial score (nSPS) is 24.6. The minimum atomic E-state index is -1.02. The van der Waals surface area contributed by atoms with Crippen molar-refractivity contribution in [3.8, 4) is 11.6 Å². The zero-order valence-corrected chi connectivity index (χ0v) is 30.0. The summed E-state index contributed by atoms with van der Waals surface area (Å²) in [7, 11) is 0. The number of hydrogen-bond acceptors (Lipinski definition) is 9. The number of aromatic nitrogens is 6. The van der Waals surface area contributed by atoms with Gasteiger partial charge in [0.2, 0.25) is 0 Å². The Labute approximate surface area is 301 Å². The van der Waals surface area contributed by atoms with Crippen LogP contribution in [0.4, 0.5) is 11.4 Å². The van der Waals surface area contributed by atoms with Crippen LogP contribution in [0.2, 0.25) is 0 Å². The van der Waals surface area contributed by atoms with Crippen molar-refractivity contribution in [3.63, 3.8) is 0 Å². The first-order valence-electron chi connectivity index (χ1n) is 17.0. The Morgan fingerprint density at radius 3 is 2.44 bits per heavy atom. The molecule has 0 N–H and O–H groups in total. The molecule has 0 bridgehead atoms. The topological polar surface area (TPSA) is 105 Å². The predicted octanol–water partition coefficient (Wildman–Crippen LogP) is 5.77. The van der Waals surface area contributed by atoms with Gasteiger partial charge in [0.25, 0.3) is 0 Å². The Kier molecular flexibility index (Phi) is 9.80. The smallest absolute Gasteiger partial charge is 0.351 e. The number of piperazine rings is 1. The molecule has 2 aliphatic heterocycles. The summed E-state index contributed by atoms with van der Waals surface area (Å²) in [6.45, 7) is 10.6. The summed E-state index contributed by atoms with van der Waals surface area (Å²) < 4.78 is 24.3. The van der Waals surface area contributed by atoms with Crippen molar-refractivity contribution in [3.05, 3.63) is 100 Å². The monoisotopic (exact) mass is 720 g/mol. The van der Waals surface area contributed by atoms with Gasteiger partial charge in [-0.2, -0.15) is 5.10 Å². The van der Waals surface area contributed by atoms with Crippen molar-refractivity contribution in [1.82, 2.24) is 28.9 Å². The fraction of sp³-hybridized carbons (Fsp3) is 0.444. The first-order valence-corrected chi connectivity index (χ1v) is 17.8. The Hall–Kier alpha value is -4.10. The van der Waals surface area contributed by atoms with Gasteiger partial charge in [-0.3, -0.25) is 0 Å². The van der Waals surface area contributed by atoms with E-state index in [0.717, 1.165) is 49.7 Å². The minimum Gasteiger partial charge on any atom is -0.491 e. The third kappa shape index (κ3) is 6.69. The highest BCUT2D eigenvalue weighted by molar-refractivity contribution is 6.35. The number of ether oxygens (including phenoxy) is 3. The lowest BCUT2D eigenvalue weighted by molar-refractivity contribution is -0.237. The van der Waals surface area contributed by atoms with E-state index < -0.39 is 11.2 Å². The average Bonchev–Trinajstić information content (AvgIpc) is 3.90. The maximum absolute atomic E-state index is 12.8. The van der Waals surface area contributed by atoms with Crippen molar-refractivity contribution in [2.75, 3.05) is 49.2 Å². The second-order valence-electron chi connectivity index (χ2n) is 13.3. The molecular weight excluding hydrogens is 679 g/mol. The number of allylic oxidation sites excluding steroid dienone is 3. The van der Waals surface area contributed by atoms with Gasteiger partial charge in [0.15, 0.2) is 5.79 Å². The van der Waals surface area contributed by atoms with E-state index in [4.69, 9.17) is 37.4 Å². The molecule has 7 rings (SSSR count). The summed E-state index contributed by atoms with van der Waals surface area (Å²) in [6.07, 6.45) is 13.6. The molecule has 14 heteroatoms. The molecule has 50 heavy (non-hydrogen) atoms. The number of imidazole rings is 1. The molecule has 0 saturated carbocycles. The molecule has 12 nitrogen and oxygen atoms in total. The second kappa shape index (κ2) is 14.3. The largest absolute Gasteiger partial charge is 0.491 e. The van der Waals surface area contributed by atoms with Gasteiger partial charge in [0.1, 0.15) is 30.6 Å². The highest BCUT2D eigenvalue weighted by Crippen LogP contribution is 2.52. The van der Waals surface area contributed by atoms with Gasteiger partial charge in [-0.25, -0.2) is 24.0 Å². The highest BCUT2D eigenvalue weighted by atomic mass is 35.5. The zero-order chi connectivity index (χ0) is 34.9. The molecule has 0 spiro atoms. The molecule has 3 aromatic heterocycles. The third-order valence-electron chi connectivity index (χ3n) is 10.1. The van der Waals surface area contributed by atoms with E-state index >= 15 is 0 Å². The van der Waals surface area contributed by atoms with Crippen molar-refractivity contribution >= 4 is 34.6 Å². The Morgan fingerprint density at radius 1 is 1.04 bits per heavy atom. The van der Waals surface area contributed by atoms with Gasteiger partial charge in [0.05, 0.1) is 42.8 Å². The maximum Gasteiger partial charge on any atom is 0.351 e. The van der Waals surface area contributed by atoms with E-state index in [-0.39, 0.29) is 17.8 Å². The molecule has 5 heterocycles. The van der Waals surface area contributed by atoms with Crippen molar-refractivity contribution in [2.24, 2.45) is 5.41 Å². The number of halogens is 2. The summed E-state index contributed by atoms with van der Waals surface area (Å²) in [6, 6.07) is 12.1. The Morgan fingerprint density at radius 2 is 1.78 bits per heavy atom. The van der Waals surface area contributed by atoms with E-state index in [0.29, 0.717) is 42.1 Å².